The number of carboxylic acids is 1. The largest absolute Gasteiger partial charge is 0.511 e. The van der Waals surface area contributed by atoms with Gasteiger partial charge in [-0.15, -0.1) is 0 Å². The van der Waals surface area contributed by atoms with Crippen molar-refractivity contribution in [3.05, 3.63) is 46.2 Å². The molecule has 1 fully saturated rings. The van der Waals surface area contributed by atoms with Gasteiger partial charge in [0.2, 0.25) is 0 Å². The van der Waals surface area contributed by atoms with E-state index in [9.17, 15) is 32.7 Å². The maximum Gasteiger partial charge on any atom is 0.416 e. The highest BCUT2D eigenvalue weighted by molar-refractivity contribution is 6.19. The fourth-order valence-electron chi connectivity index (χ4n) is 3.29. The number of benzene rings is 1. The molecule has 0 saturated heterocycles. The number of rotatable bonds is 6. The Balaban J connectivity index is 1.79. The van der Waals surface area contributed by atoms with Gasteiger partial charge in [0.15, 0.2) is 0 Å². The lowest BCUT2D eigenvalue weighted by atomic mass is 9.98. The number of hydrogen-bond donors (Lipinski definition) is 3. The summed E-state index contributed by atoms with van der Waals surface area (Å²) in [7, 11) is 0. The first-order chi connectivity index (χ1) is 13.6. The fourth-order valence-corrected chi connectivity index (χ4v) is 3.29. The molecule has 7 nitrogen and oxygen atoms in total. The van der Waals surface area contributed by atoms with Gasteiger partial charge in [0, 0.05) is 19.5 Å². The summed E-state index contributed by atoms with van der Waals surface area (Å²) in [5, 5.41) is 20.5. The van der Waals surface area contributed by atoms with E-state index in [0.29, 0.717) is 12.8 Å². The zero-order valence-corrected chi connectivity index (χ0v) is 15.3. The van der Waals surface area contributed by atoms with Gasteiger partial charge in [-0.05, 0) is 36.0 Å². The topological polar surface area (TPSA) is 107 Å². The first-order valence-corrected chi connectivity index (χ1v) is 8.99. The maximum atomic E-state index is 13.4. The number of aliphatic hydroxyl groups is 1. The number of amides is 2. The van der Waals surface area contributed by atoms with Crippen LogP contribution in [0.1, 0.15) is 41.9 Å². The van der Waals surface area contributed by atoms with E-state index in [2.05, 4.69) is 0 Å². The normalized spacial score (nSPS) is 17.5. The molecule has 2 aliphatic rings. The number of aliphatic carboxylic acids is 1. The number of halogens is 3. The highest BCUT2D eigenvalue weighted by Gasteiger charge is 2.39. The first kappa shape index (κ1) is 20.7. The zero-order chi connectivity index (χ0) is 21.3. The van der Waals surface area contributed by atoms with Gasteiger partial charge >= 0.3 is 12.1 Å². The molecule has 0 bridgehead atoms. The Kier molecular flexibility index (Phi) is 5.54. The standard InChI is InChI=1S/C19H19F3N2O5/c20-19(21,22)13-7-10(1-4-12(13)11-2-3-11)9-24-6-5-14(25)16(18(24)29)17(28)23-8-15(26)27/h1,4,7,11,25H,2-3,5-6,8-9H2,(H,23,28)(H,26,27). The Bertz CT molecular complexity index is 890. The Labute approximate surface area is 163 Å². The van der Waals surface area contributed by atoms with Crippen LogP contribution in [0.4, 0.5) is 13.2 Å². The Hall–Kier alpha value is -3.04. The fraction of sp³-hybridized carbons (Fsp3) is 0.421. The number of carbonyl (C=O) groups excluding carboxylic acids is 2. The van der Waals surface area contributed by atoms with Gasteiger partial charge in [-0.2, -0.15) is 13.2 Å². The second kappa shape index (κ2) is 7.76. The zero-order valence-electron chi connectivity index (χ0n) is 15.3. The molecule has 0 radical (unpaired) electrons. The molecule has 2 amide bonds. The van der Waals surface area contributed by atoms with Gasteiger partial charge in [-0.1, -0.05) is 12.1 Å². The number of hydrogen-bond acceptors (Lipinski definition) is 4. The van der Waals surface area contributed by atoms with E-state index in [0.717, 1.165) is 11.0 Å². The van der Waals surface area contributed by atoms with Crippen LogP contribution in [0.25, 0.3) is 0 Å². The van der Waals surface area contributed by atoms with Crippen LogP contribution in [-0.4, -0.2) is 46.0 Å². The average molecular weight is 412 g/mol. The molecule has 0 unspecified atom stereocenters. The molecule has 3 N–H and O–H groups in total. The van der Waals surface area contributed by atoms with Gasteiger partial charge in [0.05, 0.1) is 5.56 Å². The summed E-state index contributed by atoms with van der Waals surface area (Å²) in [5.41, 5.74) is -0.817. The Morgan fingerprint density at radius 1 is 1.24 bits per heavy atom. The van der Waals surface area contributed by atoms with E-state index in [1.54, 1.807) is 0 Å². The smallest absolute Gasteiger partial charge is 0.416 e. The van der Waals surface area contributed by atoms with Crippen molar-refractivity contribution in [3.63, 3.8) is 0 Å². The van der Waals surface area contributed by atoms with Gasteiger partial charge in [-0.25, -0.2) is 0 Å². The van der Waals surface area contributed by atoms with Crippen molar-refractivity contribution in [2.75, 3.05) is 13.1 Å². The van der Waals surface area contributed by atoms with Crippen LogP contribution in [-0.2, 0) is 27.1 Å². The van der Waals surface area contributed by atoms with Crippen molar-refractivity contribution in [2.45, 2.75) is 37.9 Å². The van der Waals surface area contributed by atoms with E-state index < -0.39 is 47.4 Å². The van der Waals surface area contributed by atoms with Crippen molar-refractivity contribution in [1.82, 2.24) is 10.2 Å². The number of carboxylic acid groups (broad SMARTS) is 1. The molecule has 1 aliphatic heterocycles. The predicted octanol–water partition coefficient (Wildman–Crippen LogP) is 2.33. The van der Waals surface area contributed by atoms with Gasteiger partial charge < -0.3 is 20.4 Å². The van der Waals surface area contributed by atoms with Crippen LogP contribution in [0.3, 0.4) is 0 Å². The molecule has 10 heteroatoms. The van der Waals surface area contributed by atoms with Gasteiger partial charge in [0.1, 0.15) is 17.9 Å². The van der Waals surface area contributed by atoms with Gasteiger partial charge in [0.25, 0.3) is 11.8 Å². The third-order valence-corrected chi connectivity index (χ3v) is 4.85. The summed E-state index contributed by atoms with van der Waals surface area (Å²) in [6, 6.07) is 3.97. The highest BCUT2D eigenvalue weighted by Crippen LogP contribution is 2.46. The van der Waals surface area contributed by atoms with Crippen molar-refractivity contribution in [3.8, 4) is 0 Å². The molecular formula is C19H19F3N2O5. The molecule has 3 rings (SSSR count). The lowest BCUT2D eigenvalue weighted by Crippen LogP contribution is -2.43. The monoisotopic (exact) mass is 412 g/mol. The maximum absolute atomic E-state index is 13.4. The van der Waals surface area contributed by atoms with Crippen LogP contribution >= 0.6 is 0 Å². The number of nitrogens with one attached hydrogen (secondary N) is 1. The van der Waals surface area contributed by atoms with E-state index >= 15 is 0 Å². The molecule has 1 aromatic carbocycles. The minimum atomic E-state index is -4.51. The summed E-state index contributed by atoms with van der Waals surface area (Å²) in [6.45, 7) is -0.886. The molecule has 1 aromatic rings. The highest BCUT2D eigenvalue weighted by atomic mass is 19.4. The first-order valence-electron chi connectivity index (χ1n) is 8.99. The third-order valence-electron chi connectivity index (χ3n) is 4.85. The van der Waals surface area contributed by atoms with Crippen LogP contribution in [0, 0.1) is 0 Å². The van der Waals surface area contributed by atoms with Crippen LogP contribution < -0.4 is 5.32 Å². The Morgan fingerprint density at radius 3 is 2.52 bits per heavy atom. The molecule has 156 valence electrons. The number of aliphatic hydroxyl groups excluding tert-OH is 1. The lowest BCUT2D eigenvalue weighted by Gasteiger charge is -2.28. The average Bonchev–Trinajstić information content (AvgIpc) is 3.47. The molecule has 1 aliphatic carbocycles. The van der Waals surface area contributed by atoms with Crippen molar-refractivity contribution < 1.29 is 37.8 Å². The number of carbonyl (C=O) groups is 3. The summed E-state index contributed by atoms with van der Waals surface area (Å²) in [6.07, 6.45) is -3.15. The minimum absolute atomic E-state index is 0.0199. The van der Waals surface area contributed by atoms with Crippen molar-refractivity contribution in [2.24, 2.45) is 0 Å². The number of alkyl halides is 3. The molecular weight excluding hydrogens is 393 g/mol. The molecule has 0 spiro atoms. The molecule has 1 heterocycles. The SMILES string of the molecule is O=C(O)CNC(=O)C1=C(O)CCN(Cc2ccc(C3CC3)c(C(F)(F)F)c2)C1=O. The lowest BCUT2D eigenvalue weighted by molar-refractivity contribution is -0.139. The van der Waals surface area contributed by atoms with E-state index in [1.807, 2.05) is 5.32 Å². The van der Waals surface area contributed by atoms with E-state index in [-0.39, 0.29) is 36.6 Å². The summed E-state index contributed by atoms with van der Waals surface area (Å²) < 4.78 is 40.3. The molecule has 0 aromatic heterocycles. The Morgan fingerprint density at radius 2 is 1.93 bits per heavy atom. The molecule has 1 saturated carbocycles. The molecule has 0 atom stereocenters. The second-order valence-electron chi connectivity index (χ2n) is 7.07. The van der Waals surface area contributed by atoms with Crippen molar-refractivity contribution >= 4 is 17.8 Å². The van der Waals surface area contributed by atoms with Crippen LogP contribution in [0.15, 0.2) is 29.5 Å². The second-order valence-corrected chi connectivity index (χ2v) is 7.07. The van der Waals surface area contributed by atoms with E-state index in [4.69, 9.17) is 5.11 Å². The summed E-state index contributed by atoms with van der Waals surface area (Å²) in [4.78, 5) is 36.3. The molecule has 29 heavy (non-hydrogen) atoms. The third kappa shape index (κ3) is 4.69. The summed E-state index contributed by atoms with van der Waals surface area (Å²) in [5.74, 6) is -3.80. The van der Waals surface area contributed by atoms with Crippen LogP contribution in [0.2, 0.25) is 0 Å². The minimum Gasteiger partial charge on any atom is -0.511 e. The van der Waals surface area contributed by atoms with E-state index in [1.165, 1.54) is 12.1 Å². The summed E-state index contributed by atoms with van der Waals surface area (Å²) >= 11 is 0. The number of nitrogens with zero attached hydrogens (tertiary/aromatic N) is 1. The quantitative estimate of drug-likeness (QED) is 0.622. The van der Waals surface area contributed by atoms with Crippen molar-refractivity contribution in [1.29, 1.82) is 0 Å². The van der Waals surface area contributed by atoms with Gasteiger partial charge in [-0.3, -0.25) is 14.4 Å². The van der Waals surface area contributed by atoms with Crippen LogP contribution in [0.5, 0.6) is 0 Å². The predicted molar refractivity (Wildman–Crippen MR) is 93.8 cm³/mol.